The average molecular weight is 1410 g/mol. The molecule has 2 saturated heterocycles. The molecule has 5 heterocycles. The Morgan fingerprint density at radius 3 is 1.31 bits per heavy atom. The SMILES string of the molecule is COc1ccc(C(CCCNS(=O)(=O)/C=C/c2ccccc2)N2C(=O)c3cccc(N4CCN([C@H](C)c5ccccc5)CC4)c3C2=O)cc1OC.COc1ccc(C(CCCNS(=O)(=O)c2c(C)noc2C)N2C(=O)c3cccc(N4CCN([C@H](C)c5ccccc5)CC4)c3C2=O)cc1OC. The number of methoxy groups -OCH3 is 4. The van der Waals surface area contributed by atoms with Crippen molar-refractivity contribution in [2.75, 3.05) is 104 Å². The molecule has 2 fully saturated rings. The maximum absolute atomic E-state index is 14.4. The topological polar surface area (TPSA) is 243 Å². The van der Waals surface area contributed by atoms with Crippen LogP contribution in [-0.4, -0.2) is 159 Å². The second kappa shape index (κ2) is 32.3. The molecule has 12 rings (SSSR count). The maximum atomic E-state index is 14.4. The van der Waals surface area contributed by atoms with Gasteiger partial charge in [0.15, 0.2) is 28.8 Å². The van der Waals surface area contributed by atoms with Crippen LogP contribution in [0.5, 0.6) is 23.0 Å². The number of rotatable bonds is 27. The van der Waals surface area contributed by atoms with Gasteiger partial charge in [-0.1, -0.05) is 120 Å². The molecule has 4 amide bonds. The molecule has 24 heteroatoms. The van der Waals surface area contributed by atoms with Gasteiger partial charge in [-0.3, -0.25) is 38.8 Å². The third kappa shape index (κ3) is 16.1. The fourth-order valence-electron chi connectivity index (χ4n) is 14.0. The van der Waals surface area contributed by atoms with Gasteiger partial charge in [0.1, 0.15) is 10.6 Å². The molecule has 0 bridgehead atoms. The highest BCUT2D eigenvalue weighted by Gasteiger charge is 2.45. The maximum Gasteiger partial charge on any atom is 0.264 e. The molecule has 0 aliphatic carbocycles. The van der Waals surface area contributed by atoms with Crippen molar-refractivity contribution in [3.63, 3.8) is 0 Å². The van der Waals surface area contributed by atoms with Crippen LogP contribution in [0.4, 0.5) is 11.4 Å². The normalized spacial score (nSPS) is 16.4. The number of amides is 4. The number of nitrogens with zero attached hydrogens (tertiary/aromatic N) is 7. The molecular weight excluding hydrogens is 1320 g/mol. The predicted molar refractivity (Wildman–Crippen MR) is 388 cm³/mol. The fraction of sp³-hybridized carbons (Fsp3) is 0.338. The molecule has 0 spiro atoms. The lowest BCUT2D eigenvalue weighted by atomic mass is 9.99. The number of aromatic nitrogens is 1. The number of hydrogen-bond acceptors (Lipinski definition) is 18. The minimum absolute atomic E-state index is 0.0113. The molecule has 4 atom stereocenters. The quantitative estimate of drug-likeness (QED) is 0.0359. The fourth-order valence-corrected chi connectivity index (χ4v) is 16.2. The summed E-state index contributed by atoms with van der Waals surface area (Å²) in [6, 6.07) is 50.7. The molecule has 0 saturated carbocycles. The van der Waals surface area contributed by atoms with Crippen molar-refractivity contribution in [3.8, 4) is 23.0 Å². The summed E-state index contributed by atoms with van der Waals surface area (Å²) < 4.78 is 83.9. The van der Waals surface area contributed by atoms with Gasteiger partial charge in [-0.15, -0.1) is 0 Å². The number of sulfonamides is 2. The van der Waals surface area contributed by atoms with E-state index in [-0.39, 0.29) is 71.6 Å². The van der Waals surface area contributed by atoms with Crippen molar-refractivity contribution in [1.29, 1.82) is 0 Å². The first kappa shape index (κ1) is 72.6. The van der Waals surface area contributed by atoms with Crippen molar-refractivity contribution >= 4 is 61.1 Å². The van der Waals surface area contributed by atoms with Crippen LogP contribution in [0.1, 0.15) is 144 Å². The molecule has 2 N–H and O–H groups in total. The Morgan fingerprint density at radius 1 is 0.485 bits per heavy atom. The van der Waals surface area contributed by atoms with E-state index in [1.165, 1.54) is 48.3 Å². The van der Waals surface area contributed by atoms with Crippen molar-refractivity contribution < 1.29 is 59.5 Å². The van der Waals surface area contributed by atoms with Crippen LogP contribution in [0.15, 0.2) is 179 Å². The van der Waals surface area contributed by atoms with E-state index in [1.807, 2.05) is 72.8 Å². The number of benzene rings is 7. The Morgan fingerprint density at radius 2 is 0.901 bits per heavy atom. The van der Waals surface area contributed by atoms with Gasteiger partial charge in [-0.25, -0.2) is 26.3 Å². The zero-order valence-electron chi connectivity index (χ0n) is 58.2. The monoisotopic (exact) mass is 1410 g/mol. The second-order valence-electron chi connectivity index (χ2n) is 25.3. The second-order valence-corrected chi connectivity index (χ2v) is 28.7. The van der Waals surface area contributed by atoms with E-state index in [9.17, 15) is 36.0 Å². The van der Waals surface area contributed by atoms with Crippen LogP contribution >= 0.6 is 0 Å². The van der Waals surface area contributed by atoms with Crippen molar-refractivity contribution in [3.05, 3.63) is 231 Å². The van der Waals surface area contributed by atoms with E-state index in [2.05, 4.69) is 96.6 Å². The number of imide groups is 2. The van der Waals surface area contributed by atoms with Crippen LogP contribution in [0.25, 0.3) is 6.08 Å². The summed E-state index contributed by atoms with van der Waals surface area (Å²) in [5.74, 6) is 0.635. The summed E-state index contributed by atoms with van der Waals surface area (Å²) in [5, 5.41) is 4.90. The minimum atomic E-state index is -3.89. The Bertz CT molecular complexity index is 4510. The van der Waals surface area contributed by atoms with Crippen LogP contribution in [0.2, 0.25) is 0 Å². The zero-order chi connectivity index (χ0) is 71.5. The van der Waals surface area contributed by atoms with Gasteiger partial charge in [-0.05, 0) is 136 Å². The van der Waals surface area contributed by atoms with E-state index < -0.39 is 32.1 Å². The van der Waals surface area contributed by atoms with E-state index >= 15 is 0 Å². The Kier molecular flexibility index (Phi) is 23.2. The van der Waals surface area contributed by atoms with Gasteiger partial charge in [0.25, 0.3) is 23.6 Å². The minimum Gasteiger partial charge on any atom is -0.493 e. The third-order valence-electron chi connectivity index (χ3n) is 19.4. The molecular formula is C77H87N9O13S2. The van der Waals surface area contributed by atoms with Gasteiger partial charge < -0.3 is 33.3 Å². The molecule has 22 nitrogen and oxygen atoms in total. The lowest BCUT2D eigenvalue weighted by molar-refractivity contribution is 0.0557. The largest absolute Gasteiger partial charge is 0.493 e. The van der Waals surface area contributed by atoms with E-state index in [0.29, 0.717) is 102 Å². The number of carbonyl (C=O) groups excluding carboxylic acids is 4. The lowest BCUT2D eigenvalue weighted by Gasteiger charge is -2.39. The number of aryl methyl sites for hydroxylation is 2. The predicted octanol–water partition coefficient (Wildman–Crippen LogP) is 11.6. The number of piperazine rings is 2. The molecule has 0 radical (unpaired) electrons. The van der Waals surface area contributed by atoms with Gasteiger partial charge in [-0.2, -0.15) is 0 Å². The molecule has 530 valence electrons. The van der Waals surface area contributed by atoms with Crippen LogP contribution in [-0.2, 0) is 20.0 Å². The molecule has 1 aromatic heterocycles. The van der Waals surface area contributed by atoms with Gasteiger partial charge in [0.2, 0.25) is 20.0 Å². The number of hydrogen-bond donors (Lipinski definition) is 2. The number of carbonyl (C=O) groups is 4. The number of fused-ring (bicyclic) bond motifs is 2. The summed E-state index contributed by atoms with van der Waals surface area (Å²) in [4.78, 5) is 69.1. The molecule has 101 heavy (non-hydrogen) atoms. The van der Waals surface area contributed by atoms with Crippen LogP contribution < -0.4 is 38.2 Å². The molecule has 7 aromatic carbocycles. The summed E-state index contributed by atoms with van der Waals surface area (Å²) in [7, 11) is -1.47. The van der Waals surface area contributed by atoms with E-state index in [4.69, 9.17) is 23.5 Å². The first-order valence-corrected chi connectivity index (χ1v) is 37.0. The van der Waals surface area contributed by atoms with Gasteiger partial charge in [0, 0.05) is 82.9 Å². The number of anilines is 2. The lowest BCUT2D eigenvalue weighted by Crippen LogP contribution is -2.47. The van der Waals surface area contributed by atoms with E-state index in [1.54, 1.807) is 63.4 Å². The Labute approximate surface area is 591 Å². The van der Waals surface area contributed by atoms with Crippen LogP contribution in [0.3, 0.4) is 0 Å². The zero-order valence-corrected chi connectivity index (χ0v) is 59.8. The Balaban J connectivity index is 0.000000203. The van der Waals surface area contributed by atoms with Crippen molar-refractivity contribution in [1.82, 2.24) is 34.2 Å². The Hall–Kier alpha value is -9.69. The number of ether oxygens (including phenoxy) is 4. The molecule has 2 unspecified atom stereocenters. The average Bonchev–Trinajstić information content (AvgIpc) is 1.60. The highest BCUT2D eigenvalue weighted by atomic mass is 32.2. The summed E-state index contributed by atoms with van der Waals surface area (Å²) >= 11 is 0. The summed E-state index contributed by atoms with van der Waals surface area (Å²) in [6.07, 6.45) is 2.82. The number of nitrogens with one attached hydrogen (secondary N) is 2. The van der Waals surface area contributed by atoms with Crippen molar-refractivity contribution in [2.24, 2.45) is 0 Å². The van der Waals surface area contributed by atoms with Crippen LogP contribution in [0, 0.1) is 13.8 Å². The highest BCUT2D eigenvalue weighted by molar-refractivity contribution is 7.92. The smallest absolute Gasteiger partial charge is 0.264 e. The third-order valence-corrected chi connectivity index (χ3v) is 22.2. The summed E-state index contributed by atoms with van der Waals surface area (Å²) in [5.41, 5.74) is 7.93. The molecule has 8 aromatic rings. The first-order chi connectivity index (χ1) is 48.8. The molecule has 4 aliphatic rings. The summed E-state index contributed by atoms with van der Waals surface area (Å²) in [6.45, 7) is 13.8. The van der Waals surface area contributed by atoms with E-state index in [0.717, 1.165) is 48.5 Å². The highest BCUT2D eigenvalue weighted by Crippen LogP contribution is 2.44. The standard InChI is InChI=1S/C40H44N4O6S.C37H43N5O7S/c1-29(31-14-8-5-9-15-31)42-23-25-43(26-24-42)35-17-10-16-33-38(35)40(46)44(39(33)45)34(32-19-20-36(49-2)37(28-32)50-3)18-11-22-41-51(47,48)27-21-30-12-6-4-7-13-30;1-24-35(26(3)49-39-24)50(45,46)38-18-10-15-30(28-16-17-32(47-4)33(23-28)48-5)42-36(43)29-13-9-14-31(34(29)37(42)44)41-21-19-40(20-22-41)25(2)27-11-7-6-8-12-27/h4-10,12-17,19-21,27-29,34,41H,11,18,22-26H2,1-3H3;6-9,11-14,16-17,23,25,30,38H,10,15,18-22H2,1-5H3/b27-21+;/t29-,34?;25-,30?/m11/s1. The van der Waals surface area contributed by atoms with Gasteiger partial charge in [0.05, 0.1) is 74.2 Å². The molecule has 4 aliphatic heterocycles. The van der Waals surface area contributed by atoms with Gasteiger partial charge >= 0.3 is 0 Å². The first-order valence-electron chi connectivity index (χ1n) is 33.9. The van der Waals surface area contributed by atoms with Crippen molar-refractivity contribution in [2.45, 2.75) is 82.4 Å².